The highest BCUT2D eigenvalue weighted by molar-refractivity contribution is 5.84. The van der Waals surface area contributed by atoms with Gasteiger partial charge in [-0.2, -0.15) is 0 Å². The smallest absolute Gasteiger partial charge is 0.321 e. The fraction of sp³-hybridized carbons (Fsp3) is 0.385. The molecule has 4 N–H and O–H groups in total. The number of benzene rings is 1. The number of nitrogens with one attached hydrogen (secondary N) is 1. The van der Waals surface area contributed by atoms with Crippen molar-refractivity contribution in [1.82, 2.24) is 5.32 Å². The molecule has 0 spiro atoms. The summed E-state index contributed by atoms with van der Waals surface area (Å²) in [5.41, 5.74) is 7.38. The van der Waals surface area contributed by atoms with Crippen molar-refractivity contribution < 1.29 is 19.4 Å². The highest BCUT2D eigenvalue weighted by Gasteiger charge is 2.16. The molecule has 6 heteroatoms. The first-order chi connectivity index (χ1) is 9.06. The van der Waals surface area contributed by atoms with Crippen LogP contribution in [0.25, 0.3) is 0 Å². The summed E-state index contributed by atoms with van der Waals surface area (Å²) in [5.74, 6) is -0.653. The van der Waals surface area contributed by atoms with E-state index in [1.54, 1.807) is 0 Å². The zero-order chi connectivity index (χ0) is 13.8. The van der Waals surface area contributed by atoms with E-state index < -0.39 is 12.0 Å². The molecule has 2 rings (SSSR count). The van der Waals surface area contributed by atoms with Gasteiger partial charge >= 0.3 is 5.97 Å². The number of ether oxygens (including phenoxy) is 1. The summed E-state index contributed by atoms with van der Waals surface area (Å²) in [6, 6.07) is 4.59. The van der Waals surface area contributed by atoms with Gasteiger partial charge in [-0.25, -0.2) is 0 Å². The molecule has 0 radical (unpaired) electrons. The second-order valence-electron chi connectivity index (χ2n) is 4.47. The number of carboxylic acid groups (broad SMARTS) is 1. The molecule has 0 aliphatic carbocycles. The highest BCUT2D eigenvalue weighted by Crippen LogP contribution is 2.25. The van der Waals surface area contributed by atoms with E-state index in [0.717, 1.165) is 23.3 Å². The lowest BCUT2D eigenvalue weighted by Gasteiger charge is -2.08. The molecule has 1 aromatic carbocycles. The molecule has 19 heavy (non-hydrogen) atoms. The first-order valence-corrected chi connectivity index (χ1v) is 6.06. The minimum absolute atomic E-state index is 0.219. The summed E-state index contributed by atoms with van der Waals surface area (Å²) in [6.45, 7) is 1.05. The summed E-state index contributed by atoms with van der Waals surface area (Å²) in [6.07, 6.45) is 0.657. The zero-order valence-corrected chi connectivity index (χ0v) is 10.4. The minimum Gasteiger partial charge on any atom is -0.493 e. The van der Waals surface area contributed by atoms with E-state index in [2.05, 4.69) is 5.32 Å². The predicted molar refractivity (Wildman–Crippen MR) is 67.7 cm³/mol. The molecule has 0 aromatic heterocycles. The Bertz CT molecular complexity index is 501. The molecule has 1 atom stereocenters. The van der Waals surface area contributed by atoms with Crippen LogP contribution in [-0.4, -0.2) is 29.6 Å². The molecule has 1 aromatic rings. The van der Waals surface area contributed by atoms with Crippen LogP contribution < -0.4 is 15.8 Å². The Hall–Kier alpha value is -2.08. The highest BCUT2D eigenvalue weighted by atomic mass is 16.5. The maximum atomic E-state index is 11.5. The summed E-state index contributed by atoms with van der Waals surface area (Å²) in [4.78, 5) is 22.0. The Labute approximate surface area is 110 Å². The largest absolute Gasteiger partial charge is 0.493 e. The second kappa shape index (κ2) is 5.71. The quantitative estimate of drug-likeness (QED) is 0.697. The van der Waals surface area contributed by atoms with Gasteiger partial charge in [-0.1, -0.05) is 12.1 Å². The molecule has 0 saturated heterocycles. The van der Waals surface area contributed by atoms with E-state index in [0.29, 0.717) is 13.2 Å². The van der Waals surface area contributed by atoms with Crippen LogP contribution in [0.3, 0.4) is 0 Å². The van der Waals surface area contributed by atoms with Crippen LogP contribution in [-0.2, 0) is 22.6 Å². The SMILES string of the molecule is NC(CC(=O)NCc1ccc2c(c1)CCO2)C(=O)O. The van der Waals surface area contributed by atoms with Crippen molar-refractivity contribution in [2.45, 2.75) is 25.4 Å². The molecule has 102 valence electrons. The Morgan fingerprint density at radius 2 is 2.26 bits per heavy atom. The van der Waals surface area contributed by atoms with Crippen LogP contribution in [0.2, 0.25) is 0 Å². The normalized spacial score (nSPS) is 14.4. The number of fused-ring (bicyclic) bond motifs is 1. The van der Waals surface area contributed by atoms with Gasteiger partial charge in [-0.3, -0.25) is 9.59 Å². The standard InChI is InChI=1S/C13H16N2O4/c14-10(13(17)18)6-12(16)15-7-8-1-2-11-9(5-8)3-4-19-11/h1-2,5,10H,3-4,6-7,14H2,(H,15,16)(H,17,18). The summed E-state index contributed by atoms with van der Waals surface area (Å²) >= 11 is 0. The van der Waals surface area contributed by atoms with Crippen molar-refractivity contribution in [3.63, 3.8) is 0 Å². The van der Waals surface area contributed by atoms with Gasteiger partial charge in [-0.15, -0.1) is 0 Å². The molecular weight excluding hydrogens is 248 g/mol. The first kappa shape index (κ1) is 13.4. The lowest BCUT2D eigenvalue weighted by Crippen LogP contribution is -2.36. The molecular formula is C13H16N2O4. The van der Waals surface area contributed by atoms with E-state index in [1.807, 2.05) is 18.2 Å². The number of amides is 1. The van der Waals surface area contributed by atoms with E-state index in [1.165, 1.54) is 0 Å². The van der Waals surface area contributed by atoms with Crippen LogP contribution >= 0.6 is 0 Å². The lowest BCUT2D eigenvalue weighted by molar-refractivity contribution is -0.140. The van der Waals surface area contributed by atoms with Crippen molar-refractivity contribution in [3.8, 4) is 5.75 Å². The Morgan fingerprint density at radius 1 is 1.47 bits per heavy atom. The van der Waals surface area contributed by atoms with Crippen LogP contribution in [0.1, 0.15) is 17.5 Å². The van der Waals surface area contributed by atoms with Crippen molar-refractivity contribution in [2.75, 3.05) is 6.61 Å². The van der Waals surface area contributed by atoms with Gasteiger partial charge < -0.3 is 20.9 Å². The summed E-state index contributed by atoms with van der Waals surface area (Å²) < 4.78 is 5.39. The lowest BCUT2D eigenvalue weighted by atomic mass is 10.1. The average Bonchev–Trinajstić information content (AvgIpc) is 2.83. The number of aliphatic carboxylic acids is 1. The van der Waals surface area contributed by atoms with Crippen LogP contribution in [0, 0.1) is 0 Å². The zero-order valence-electron chi connectivity index (χ0n) is 10.4. The Morgan fingerprint density at radius 3 is 3.00 bits per heavy atom. The number of hydrogen-bond acceptors (Lipinski definition) is 4. The van der Waals surface area contributed by atoms with Crippen molar-refractivity contribution >= 4 is 11.9 Å². The van der Waals surface area contributed by atoms with Crippen LogP contribution in [0.15, 0.2) is 18.2 Å². The fourth-order valence-electron chi connectivity index (χ4n) is 1.91. The third kappa shape index (κ3) is 3.45. The maximum absolute atomic E-state index is 11.5. The van der Waals surface area contributed by atoms with Gasteiger partial charge in [0.1, 0.15) is 11.8 Å². The molecule has 0 bridgehead atoms. The van der Waals surface area contributed by atoms with Gasteiger partial charge in [0.2, 0.25) is 5.91 Å². The van der Waals surface area contributed by atoms with Crippen molar-refractivity contribution in [3.05, 3.63) is 29.3 Å². The maximum Gasteiger partial charge on any atom is 0.321 e. The van der Waals surface area contributed by atoms with E-state index >= 15 is 0 Å². The topological polar surface area (TPSA) is 102 Å². The summed E-state index contributed by atoms with van der Waals surface area (Å²) in [7, 11) is 0. The minimum atomic E-state index is -1.18. The number of carbonyl (C=O) groups excluding carboxylic acids is 1. The molecule has 1 amide bonds. The number of carbonyl (C=O) groups is 2. The third-order valence-corrected chi connectivity index (χ3v) is 2.97. The molecule has 1 aliphatic rings. The predicted octanol–water partition coefficient (Wildman–Crippen LogP) is 0.0397. The average molecular weight is 264 g/mol. The van der Waals surface area contributed by atoms with E-state index in [4.69, 9.17) is 15.6 Å². The third-order valence-electron chi connectivity index (χ3n) is 2.97. The van der Waals surface area contributed by atoms with E-state index in [-0.39, 0.29) is 12.3 Å². The molecule has 0 fully saturated rings. The Balaban J connectivity index is 1.85. The summed E-state index contributed by atoms with van der Waals surface area (Å²) in [5, 5.41) is 11.3. The van der Waals surface area contributed by atoms with Crippen molar-refractivity contribution in [1.29, 1.82) is 0 Å². The fourth-order valence-corrected chi connectivity index (χ4v) is 1.91. The number of nitrogens with two attached hydrogens (primary N) is 1. The van der Waals surface area contributed by atoms with Gasteiger partial charge in [0.15, 0.2) is 0 Å². The monoisotopic (exact) mass is 264 g/mol. The molecule has 1 aliphatic heterocycles. The molecule has 1 unspecified atom stereocenters. The first-order valence-electron chi connectivity index (χ1n) is 6.06. The number of hydrogen-bond donors (Lipinski definition) is 3. The van der Waals surface area contributed by atoms with Gasteiger partial charge in [0, 0.05) is 13.0 Å². The number of rotatable bonds is 5. The van der Waals surface area contributed by atoms with Crippen LogP contribution in [0.4, 0.5) is 0 Å². The second-order valence-corrected chi connectivity index (χ2v) is 4.47. The van der Waals surface area contributed by atoms with Gasteiger partial charge in [0.25, 0.3) is 0 Å². The van der Waals surface area contributed by atoms with Gasteiger partial charge in [-0.05, 0) is 17.2 Å². The van der Waals surface area contributed by atoms with Gasteiger partial charge in [0.05, 0.1) is 13.0 Å². The van der Waals surface area contributed by atoms with Crippen molar-refractivity contribution in [2.24, 2.45) is 5.73 Å². The molecule has 6 nitrogen and oxygen atoms in total. The molecule has 1 heterocycles. The van der Waals surface area contributed by atoms with Crippen LogP contribution in [0.5, 0.6) is 5.75 Å². The number of carboxylic acids is 1. The Kier molecular flexibility index (Phi) is 4.01. The van der Waals surface area contributed by atoms with E-state index in [9.17, 15) is 9.59 Å². The molecule has 0 saturated carbocycles.